The molecule has 30 heavy (non-hydrogen) atoms. The first-order chi connectivity index (χ1) is 14.3. The quantitative estimate of drug-likeness (QED) is 0.563. The van der Waals surface area contributed by atoms with Gasteiger partial charge in [0, 0.05) is 0 Å². The molecule has 0 saturated carbocycles. The molecule has 0 unspecified atom stereocenters. The lowest BCUT2D eigenvalue weighted by Crippen LogP contribution is -2.17. The Labute approximate surface area is 172 Å². The normalized spacial score (nSPS) is 10.9. The van der Waals surface area contributed by atoms with E-state index in [1.807, 2.05) is 32.0 Å². The van der Waals surface area contributed by atoms with Crippen LogP contribution in [0, 0.1) is 27.7 Å². The van der Waals surface area contributed by atoms with Gasteiger partial charge in [0.05, 0.1) is 11.3 Å². The van der Waals surface area contributed by atoms with Crippen LogP contribution in [0.2, 0.25) is 0 Å². The smallest absolute Gasteiger partial charge is 0.387 e. The van der Waals surface area contributed by atoms with Crippen molar-refractivity contribution < 1.29 is 27.6 Å². The zero-order chi connectivity index (χ0) is 21.8. The van der Waals surface area contributed by atoms with Gasteiger partial charge in [0.2, 0.25) is 0 Å². The Balaban J connectivity index is 1.82. The second-order valence-corrected chi connectivity index (χ2v) is 6.91. The average molecular weight is 416 g/mol. The van der Waals surface area contributed by atoms with Crippen LogP contribution in [0.5, 0.6) is 11.5 Å². The van der Waals surface area contributed by atoms with Gasteiger partial charge in [-0.15, -0.1) is 0 Å². The zero-order valence-electron chi connectivity index (χ0n) is 17.1. The van der Waals surface area contributed by atoms with E-state index in [1.165, 1.54) is 12.1 Å². The molecule has 1 amide bonds. The van der Waals surface area contributed by atoms with E-state index in [2.05, 4.69) is 15.2 Å². The Morgan fingerprint density at radius 1 is 1.13 bits per heavy atom. The van der Waals surface area contributed by atoms with Crippen molar-refractivity contribution in [3.05, 3.63) is 70.1 Å². The lowest BCUT2D eigenvalue weighted by molar-refractivity contribution is -0.0494. The van der Waals surface area contributed by atoms with E-state index in [4.69, 9.17) is 9.26 Å². The van der Waals surface area contributed by atoms with Crippen molar-refractivity contribution in [3.8, 4) is 11.5 Å². The van der Waals surface area contributed by atoms with Crippen LogP contribution < -0.4 is 14.8 Å². The first kappa shape index (κ1) is 21.3. The molecule has 0 aliphatic heterocycles. The summed E-state index contributed by atoms with van der Waals surface area (Å²) in [6.07, 6.45) is 0. The molecule has 0 saturated heterocycles. The minimum Gasteiger partial charge on any atom is -0.488 e. The second kappa shape index (κ2) is 8.94. The number of ether oxygens (including phenoxy) is 2. The van der Waals surface area contributed by atoms with Gasteiger partial charge in [0.25, 0.3) is 5.91 Å². The van der Waals surface area contributed by atoms with Gasteiger partial charge in [-0.05, 0) is 56.5 Å². The van der Waals surface area contributed by atoms with Crippen LogP contribution in [0.15, 0.2) is 40.9 Å². The van der Waals surface area contributed by atoms with Crippen LogP contribution in [0.1, 0.15) is 38.5 Å². The monoisotopic (exact) mass is 416 g/mol. The highest BCUT2D eigenvalue weighted by Gasteiger charge is 2.22. The number of aryl methyl sites for hydroxylation is 4. The second-order valence-electron chi connectivity index (χ2n) is 6.91. The number of aromatic nitrogens is 1. The summed E-state index contributed by atoms with van der Waals surface area (Å²) in [6, 6.07) is 10.4. The van der Waals surface area contributed by atoms with Gasteiger partial charge < -0.3 is 19.3 Å². The fourth-order valence-electron chi connectivity index (χ4n) is 3.02. The summed E-state index contributed by atoms with van der Waals surface area (Å²) in [5, 5.41) is 6.38. The number of nitrogens with zero attached hydrogens (tertiary/aromatic N) is 1. The molecule has 0 radical (unpaired) electrons. The van der Waals surface area contributed by atoms with Crippen molar-refractivity contribution in [1.29, 1.82) is 0 Å². The maximum atomic E-state index is 12.8. The molecule has 0 bridgehead atoms. The van der Waals surface area contributed by atoms with Gasteiger partial charge in [-0.25, -0.2) is 0 Å². The number of anilines is 1. The summed E-state index contributed by atoms with van der Waals surface area (Å²) in [5.41, 5.74) is 3.23. The standard InChI is InChI=1S/C22H22F2N2O4/c1-12-8-9-17(18(10-12)29-22(23)24)25-21(27)19-16(15(4)30-26-19)11-28-20-13(2)6-5-7-14(20)3/h5-10,22H,11H2,1-4H3,(H,25,27). The van der Waals surface area contributed by atoms with E-state index in [1.54, 1.807) is 19.9 Å². The molecular formula is C22H22F2N2O4. The van der Waals surface area contributed by atoms with Gasteiger partial charge in [0.15, 0.2) is 5.69 Å². The summed E-state index contributed by atoms with van der Waals surface area (Å²) in [6.45, 7) is 4.31. The minimum absolute atomic E-state index is 0.0160. The van der Waals surface area contributed by atoms with Crippen molar-refractivity contribution in [2.24, 2.45) is 0 Å². The van der Waals surface area contributed by atoms with E-state index in [0.717, 1.165) is 16.9 Å². The third-order valence-corrected chi connectivity index (χ3v) is 4.57. The predicted molar refractivity (Wildman–Crippen MR) is 107 cm³/mol. The molecule has 3 rings (SSSR count). The molecule has 1 aromatic heterocycles. The lowest BCUT2D eigenvalue weighted by atomic mass is 10.1. The summed E-state index contributed by atoms with van der Waals surface area (Å²) in [4.78, 5) is 12.8. The molecule has 1 N–H and O–H groups in total. The van der Waals surface area contributed by atoms with Crippen molar-refractivity contribution >= 4 is 11.6 Å². The summed E-state index contributed by atoms with van der Waals surface area (Å²) >= 11 is 0. The molecule has 0 fully saturated rings. The number of para-hydroxylation sites is 1. The molecule has 8 heteroatoms. The van der Waals surface area contributed by atoms with Gasteiger partial charge in [-0.3, -0.25) is 4.79 Å². The van der Waals surface area contributed by atoms with Crippen molar-refractivity contribution in [2.45, 2.75) is 40.9 Å². The van der Waals surface area contributed by atoms with E-state index in [9.17, 15) is 13.6 Å². The third-order valence-electron chi connectivity index (χ3n) is 4.57. The fraction of sp³-hybridized carbons (Fsp3) is 0.273. The van der Waals surface area contributed by atoms with Crippen molar-refractivity contribution in [1.82, 2.24) is 5.16 Å². The average Bonchev–Trinajstić information content (AvgIpc) is 3.04. The van der Waals surface area contributed by atoms with Gasteiger partial charge >= 0.3 is 6.61 Å². The highest BCUT2D eigenvalue weighted by Crippen LogP contribution is 2.29. The van der Waals surface area contributed by atoms with E-state index >= 15 is 0 Å². The predicted octanol–water partition coefficient (Wildman–Crippen LogP) is 5.34. The number of alkyl halides is 2. The molecule has 158 valence electrons. The summed E-state index contributed by atoms with van der Waals surface area (Å²) < 4.78 is 41.0. The number of rotatable bonds is 7. The Morgan fingerprint density at radius 2 is 1.83 bits per heavy atom. The molecule has 0 atom stereocenters. The van der Waals surface area contributed by atoms with Crippen molar-refractivity contribution in [3.63, 3.8) is 0 Å². The molecule has 6 nitrogen and oxygen atoms in total. The molecular weight excluding hydrogens is 394 g/mol. The van der Waals surface area contributed by atoms with Gasteiger partial charge in [-0.1, -0.05) is 29.4 Å². The first-order valence-electron chi connectivity index (χ1n) is 9.27. The summed E-state index contributed by atoms with van der Waals surface area (Å²) in [7, 11) is 0. The maximum absolute atomic E-state index is 12.8. The number of nitrogens with one attached hydrogen (secondary N) is 1. The van der Waals surface area contributed by atoms with Gasteiger partial charge in [0.1, 0.15) is 23.9 Å². The Kier molecular flexibility index (Phi) is 6.34. The fourth-order valence-corrected chi connectivity index (χ4v) is 3.02. The van der Waals surface area contributed by atoms with E-state index in [-0.39, 0.29) is 23.7 Å². The van der Waals surface area contributed by atoms with Crippen molar-refractivity contribution in [2.75, 3.05) is 5.32 Å². The number of carbonyl (C=O) groups excluding carboxylic acids is 1. The Bertz CT molecular complexity index is 1040. The van der Waals surface area contributed by atoms with Crippen LogP contribution in [0.4, 0.5) is 14.5 Å². The number of halogens is 2. The van der Waals surface area contributed by atoms with Crippen LogP contribution in [0.25, 0.3) is 0 Å². The molecule has 0 aliphatic rings. The SMILES string of the molecule is Cc1ccc(NC(=O)c2noc(C)c2COc2c(C)cccc2C)c(OC(F)F)c1. The number of carbonyl (C=O) groups is 1. The summed E-state index contributed by atoms with van der Waals surface area (Å²) in [5.74, 6) is 0.400. The highest BCUT2D eigenvalue weighted by atomic mass is 19.3. The van der Waals surface area contributed by atoms with Crippen LogP contribution in [-0.4, -0.2) is 17.7 Å². The number of amides is 1. The zero-order valence-corrected chi connectivity index (χ0v) is 17.1. The number of hydrogen-bond acceptors (Lipinski definition) is 5. The van der Waals surface area contributed by atoms with Gasteiger partial charge in [-0.2, -0.15) is 8.78 Å². The number of hydrogen-bond donors (Lipinski definition) is 1. The first-order valence-corrected chi connectivity index (χ1v) is 9.27. The highest BCUT2D eigenvalue weighted by molar-refractivity contribution is 6.04. The molecule has 3 aromatic rings. The third kappa shape index (κ3) is 4.76. The Hall–Kier alpha value is -3.42. The number of benzene rings is 2. The van der Waals surface area contributed by atoms with E-state index in [0.29, 0.717) is 16.9 Å². The Morgan fingerprint density at radius 3 is 2.50 bits per heavy atom. The molecule has 0 aliphatic carbocycles. The molecule has 1 heterocycles. The molecule has 2 aromatic carbocycles. The largest absolute Gasteiger partial charge is 0.488 e. The lowest BCUT2D eigenvalue weighted by Gasteiger charge is -2.13. The van der Waals surface area contributed by atoms with E-state index < -0.39 is 12.5 Å². The topological polar surface area (TPSA) is 73.6 Å². The maximum Gasteiger partial charge on any atom is 0.387 e. The van der Waals surface area contributed by atoms with Crippen LogP contribution in [-0.2, 0) is 6.61 Å². The minimum atomic E-state index is -3.02. The molecule has 0 spiro atoms. The van der Waals surface area contributed by atoms with Crippen LogP contribution in [0.3, 0.4) is 0 Å². The van der Waals surface area contributed by atoms with Crippen LogP contribution >= 0.6 is 0 Å².